The van der Waals surface area contributed by atoms with Crippen LogP contribution in [-0.4, -0.2) is 34.1 Å². The van der Waals surface area contributed by atoms with E-state index < -0.39 is 0 Å². The highest BCUT2D eigenvalue weighted by molar-refractivity contribution is 7.71. The summed E-state index contributed by atoms with van der Waals surface area (Å²) in [7, 11) is 0. The zero-order valence-electron chi connectivity index (χ0n) is 12.0. The first-order valence-corrected chi connectivity index (χ1v) is 7.46. The van der Waals surface area contributed by atoms with Gasteiger partial charge < -0.3 is 14.5 Å². The Hall–Kier alpha value is -1.64. The van der Waals surface area contributed by atoms with Crippen molar-refractivity contribution >= 4 is 23.3 Å². The standard InChI is InChI=1S/C15H20N4S/c1-3-18(4-2)9-6-10-19-13-8-5-7-12(11-16)14(13)17-15(19)20/h5,7-8H,3-4,6,9-10H2,1-2H3,(H,17,20). The highest BCUT2D eigenvalue weighted by Gasteiger charge is 2.08. The molecule has 0 fully saturated rings. The van der Waals surface area contributed by atoms with Gasteiger partial charge in [-0.3, -0.25) is 0 Å². The zero-order valence-corrected chi connectivity index (χ0v) is 12.8. The molecule has 1 N–H and O–H groups in total. The van der Waals surface area contributed by atoms with Crippen LogP contribution >= 0.6 is 12.2 Å². The van der Waals surface area contributed by atoms with Gasteiger partial charge >= 0.3 is 0 Å². The topological polar surface area (TPSA) is 47.8 Å². The Balaban J connectivity index is 2.21. The van der Waals surface area contributed by atoms with E-state index in [1.54, 1.807) is 0 Å². The number of aryl methyl sites for hydroxylation is 1. The molecule has 0 saturated carbocycles. The van der Waals surface area contributed by atoms with Crippen LogP contribution in [0.2, 0.25) is 0 Å². The van der Waals surface area contributed by atoms with Gasteiger partial charge in [-0.05, 0) is 50.4 Å². The van der Waals surface area contributed by atoms with Crippen LogP contribution in [0.4, 0.5) is 0 Å². The van der Waals surface area contributed by atoms with Crippen molar-refractivity contribution in [2.75, 3.05) is 19.6 Å². The second-order valence-corrected chi connectivity index (χ2v) is 5.16. The quantitative estimate of drug-likeness (QED) is 0.830. The molecule has 2 rings (SSSR count). The van der Waals surface area contributed by atoms with Gasteiger partial charge in [0.15, 0.2) is 4.77 Å². The van der Waals surface area contributed by atoms with Gasteiger partial charge in [0, 0.05) is 6.54 Å². The number of fused-ring (bicyclic) bond motifs is 1. The lowest BCUT2D eigenvalue weighted by molar-refractivity contribution is 0.293. The molecule has 1 aromatic carbocycles. The average molecular weight is 288 g/mol. The van der Waals surface area contributed by atoms with Crippen LogP contribution in [0.5, 0.6) is 0 Å². The molecule has 5 heteroatoms. The van der Waals surface area contributed by atoms with Crippen LogP contribution < -0.4 is 0 Å². The van der Waals surface area contributed by atoms with E-state index in [2.05, 4.69) is 34.4 Å². The van der Waals surface area contributed by atoms with Gasteiger partial charge in [-0.2, -0.15) is 5.26 Å². The maximum atomic E-state index is 9.13. The van der Waals surface area contributed by atoms with E-state index in [0.29, 0.717) is 10.3 Å². The summed E-state index contributed by atoms with van der Waals surface area (Å²) in [6.07, 6.45) is 1.06. The molecule has 20 heavy (non-hydrogen) atoms. The first kappa shape index (κ1) is 14.8. The van der Waals surface area contributed by atoms with Gasteiger partial charge in [0.1, 0.15) is 6.07 Å². The van der Waals surface area contributed by atoms with E-state index >= 15 is 0 Å². The number of rotatable bonds is 6. The smallest absolute Gasteiger partial charge is 0.178 e. The molecular formula is C15H20N4S. The van der Waals surface area contributed by atoms with Crippen LogP contribution in [0.1, 0.15) is 25.8 Å². The highest BCUT2D eigenvalue weighted by atomic mass is 32.1. The molecule has 0 bridgehead atoms. The number of para-hydroxylation sites is 1. The van der Waals surface area contributed by atoms with Crippen LogP contribution in [0, 0.1) is 16.1 Å². The van der Waals surface area contributed by atoms with Gasteiger partial charge in [-0.15, -0.1) is 0 Å². The summed E-state index contributed by atoms with van der Waals surface area (Å²) in [5.41, 5.74) is 2.52. The third-order valence-electron chi connectivity index (χ3n) is 3.68. The van der Waals surface area contributed by atoms with Crippen molar-refractivity contribution in [2.24, 2.45) is 0 Å². The third kappa shape index (κ3) is 2.92. The number of hydrogen-bond donors (Lipinski definition) is 1. The summed E-state index contributed by atoms with van der Waals surface area (Å²) >= 11 is 5.38. The second-order valence-electron chi connectivity index (χ2n) is 4.77. The summed E-state index contributed by atoms with van der Waals surface area (Å²) in [5, 5.41) is 9.13. The van der Waals surface area contributed by atoms with Gasteiger partial charge in [-0.1, -0.05) is 19.9 Å². The fourth-order valence-electron chi connectivity index (χ4n) is 2.49. The lowest BCUT2D eigenvalue weighted by Crippen LogP contribution is -2.24. The Morgan fingerprint density at radius 2 is 2.10 bits per heavy atom. The Morgan fingerprint density at radius 3 is 2.75 bits per heavy atom. The Morgan fingerprint density at radius 1 is 1.35 bits per heavy atom. The molecule has 0 unspecified atom stereocenters. The Bertz CT molecular complexity index is 673. The Labute approximate surface area is 124 Å². The number of nitrogens with zero attached hydrogens (tertiary/aromatic N) is 3. The van der Waals surface area contributed by atoms with Crippen molar-refractivity contribution in [2.45, 2.75) is 26.8 Å². The fraction of sp³-hybridized carbons (Fsp3) is 0.467. The molecule has 0 radical (unpaired) electrons. The van der Waals surface area contributed by atoms with E-state index in [4.69, 9.17) is 17.5 Å². The highest BCUT2D eigenvalue weighted by Crippen LogP contribution is 2.18. The average Bonchev–Trinajstić information content (AvgIpc) is 2.79. The number of aromatic amines is 1. The molecule has 0 spiro atoms. The molecule has 0 aliphatic rings. The third-order valence-corrected chi connectivity index (χ3v) is 4.00. The minimum atomic E-state index is 0.649. The molecule has 0 atom stereocenters. The Kier molecular flexibility index (Phi) is 4.94. The summed E-state index contributed by atoms with van der Waals surface area (Å²) in [4.78, 5) is 5.56. The molecule has 0 aliphatic carbocycles. The van der Waals surface area contributed by atoms with E-state index in [0.717, 1.165) is 43.6 Å². The minimum absolute atomic E-state index is 0.649. The molecular weight excluding hydrogens is 268 g/mol. The maximum Gasteiger partial charge on any atom is 0.178 e. The molecule has 106 valence electrons. The van der Waals surface area contributed by atoms with Crippen LogP contribution in [0.15, 0.2) is 18.2 Å². The van der Waals surface area contributed by atoms with Gasteiger partial charge in [0.05, 0.1) is 16.6 Å². The minimum Gasteiger partial charge on any atom is -0.329 e. The summed E-state index contributed by atoms with van der Waals surface area (Å²) < 4.78 is 2.79. The van der Waals surface area contributed by atoms with Crippen molar-refractivity contribution in [3.63, 3.8) is 0 Å². The predicted molar refractivity (Wildman–Crippen MR) is 84.2 cm³/mol. The van der Waals surface area contributed by atoms with Gasteiger partial charge in [-0.25, -0.2) is 0 Å². The van der Waals surface area contributed by atoms with Crippen molar-refractivity contribution < 1.29 is 0 Å². The number of hydrogen-bond acceptors (Lipinski definition) is 3. The van der Waals surface area contributed by atoms with Crippen LogP contribution in [0.3, 0.4) is 0 Å². The summed E-state index contributed by atoms with van der Waals surface area (Å²) in [6.45, 7) is 8.46. The van der Waals surface area contributed by atoms with E-state index in [1.807, 2.05) is 18.2 Å². The molecule has 1 heterocycles. The molecule has 0 amide bonds. The SMILES string of the molecule is CCN(CC)CCCn1c(=S)[nH]c2c(C#N)cccc21. The first-order valence-electron chi connectivity index (χ1n) is 7.05. The first-order chi connectivity index (χ1) is 9.71. The predicted octanol–water partition coefficient (Wildman–Crippen LogP) is 3.30. The number of imidazole rings is 1. The maximum absolute atomic E-state index is 9.13. The summed E-state index contributed by atoms with van der Waals surface area (Å²) in [6, 6.07) is 7.94. The zero-order chi connectivity index (χ0) is 14.5. The number of nitriles is 1. The van der Waals surface area contributed by atoms with Crippen molar-refractivity contribution in [3.05, 3.63) is 28.5 Å². The lowest BCUT2D eigenvalue weighted by Gasteiger charge is -2.17. The van der Waals surface area contributed by atoms with Gasteiger partial charge in [0.2, 0.25) is 0 Å². The van der Waals surface area contributed by atoms with Crippen LogP contribution in [-0.2, 0) is 6.54 Å². The van der Waals surface area contributed by atoms with Crippen molar-refractivity contribution in [1.82, 2.24) is 14.5 Å². The monoisotopic (exact) mass is 288 g/mol. The molecule has 4 nitrogen and oxygen atoms in total. The largest absolute Gasteiger partial charge is 0.329 e. The molecule has 2 aromatic rings. The van der Waals surface area contributed by atoms with E-state index in [1.165, 1.54) is 0 Å². The number of H-pyrrole nitrogens is 1. The fourth-order valence-corrected chi connectivity index (χ4v) is 2.78. The normalized spacial score (nSPS) is 11.1. The number of benzene rings is 1. The van der Waals surface area contributed by atoms with Gasteiger partial charge in [0.25, 0.3) is 0 Å². The molecule has 1 aromatic heterocycles. The number of nitrogens with one attached hydrogen (secondary N) is 1. The van der Waals surface area contributed by atoms with E-state index in [9.17, 15) is 0 Å². The van der Waals surface area contributed by atoms with Crippen molar-refractivity contribution in [3.8, 4) is 6.07 Å². The number of aromatic nitrogens is 2. The lowest BCUT2D eigenvalue weighted by atomic mass is 10.2. The molecule has 0 aliphatic heterocycles. The second kappa shape index (κ2) is 6.69. The van der Waals surface area contributed by atoms with E-state index in [-0.39, 0.29) is 0 Å². The van der Waals surface area contributed by atoms with Crippen molar-refractivity contribution in [1.29, 1.82) is 5.26 Å². The summed E-state index contributed by atoms with van der Waals surface area (Å²) in [5.74, 6) is 0. The van der Waals surface area contributed by atoms with Crippen LogP contribution in [0.25, 0.3) is 11.0 Å². The molecule has 0 saturated heterocycles.